The largest absolute Gasteiger partial charge is 0.437 e. The van der Waals surface area contributed by atoms with Crippen LogP contribution in [0.4, 0.5) is 11.6 Å². The minimum atomic E-state index is -1.19. The van der Waals surface area contributed by atoms with Crippen LogP contribution in [0.25, 0.3) is 21.3 Å². The molecule has 11 heteroatoms. The van der Waals surface area contributed by atoms with Crippen LogP contribution in [0, 0.1) is 6.92 Å². The van der Waals surface area contributed by atoms with Gasteiger partial charge in [0.25, 0.3) is 0 Å². The van der Waals surface area contributed by atoms with E-state index < -0.39 is 11.0 Å². The quantitative estimate of drug-likeness (QED) is 0.265. The Hall–Kier alpha value is -3.12. The first-order chi connectivity index (χ1) is 19.1. The van der Waals surface area contributed by atoms with E-state index in [-0.39, 0.29) is 5.25 Å². The van der Waals surface area contributed by atoms with E-state index in [1.165, 1.54) is 0 Å². The fourth-order valence-electron chi connectivity index (χ4n) is 4.99. The topological polar surface area (TPSA) is 110 Å². The minimum absolute atomic E-state index is 0.0793. The maximum Gasteiger partial charge on any atom is 0.240 e. The molecular weight excluding hydrogens is 532 g/mol. The molecule has 2 aromatic carbocycles. The molecule has 2 aromatic heterocycles. The predicted molar refractivity (Wildman–Crippen MR) is 157 cm³/mol. The van der Waals surface area contributed by atoms with Crippen LogP contribution in [-0.2, 0) is 15.7 Å². The van der Waals surface area contributed by atoms with Gasteiger partial charge in [-0.1, -0.05) is 24.3 Å². The van der Waals surface area contributed by atoms with Crippen LogP contribution in [0.1, 0.15) is 30.7 Å². The van der Waals surface area contributed by atoms with Gasteiger partial charge in [-0.15, -0.1) is 11.3 Å². The van der Waals surface area contributed by atoms with Gasteiger partial charge in [-0.3, -0.25) is 0 Å². The molecule has 0 bridgehead atoms. The number of hydrogen-bond donors (Lipinski definition) is 3. The summed E-state index contributed by atoms with van der Waals surface area (Å²) in [6, 6.07) is 14.0. The second-order valence-corrected chi connectivity index (χ2v) is 12.5. The van der Waals surface area contributed by atoms with E-state index in [4.69, 9.17) is 19.4 Å². The van der Waals surface area contributed by atoms with Crippen LogP contribution >= 0.6 is 11.3 Å². The van der Waals surface area contributed by atoms with Gasteiger partial charge in [0.1, 0.15) is 21.6 Å². The van der Waals surface area contributed by atoms with Crippen molar-refractivity contribution in [2.24, 2.45) is 0 Å². The number of piperidine rings is 1. The Balaban J connectivity index is 1.26. The van der Waals surface area contributed by atoms with E-state index >= 15 is 0 Å². The molecule has 0 aliphatic carbocycles. The number of aromatic nitrogens is 3. The summed E-state index contributed by atoms with van der Waals surface area (Å²) >= 11 is 1.54. The van der Waals surface area contributed by atoms with Crippen LogP contribution < -0.4 is 20.1 Å². The lowest BCUT2D eigenvalue weighted by Crippen LogP contribution is -2.38. The lowest BCUT2D eigenvalue weighted by atomic mass is 10.1. The van der Waals surface area contributed by atoms with E-state index in [0.717, 1.165) is 70.8 Å². The van der Waals surface area contributed by atoms with Crippen LogP contribution in [0.3, 0.4) is 0 Å². The maximum atomic E-state index is 13.0. The average molecular weight is 565 g/mol. The highest BCUT2D eigenvalue weighted by molar-refractivity contribution is 7.87. The Bertz CT molecular complexity index is 1470. The first kappa shape index (κ1) is 26.1. The highest BCUT2D eigenvalue weighted by Gasteiger charge is 2.22. The zero-order valence-electron chi connectivity index (χ0n) is 21.8. The summed E-state index contributed by atoms with van der Waals surface area (Å²) in [6.07, 6.45) is 5.59. The highest BCUT2D eigenvalue weighted by atomic mass is 32.2. The molecule has 2 atom stereocenters. The maximum absolute atomic E-state index is 13.0. The van der Waals surface area contributed by atoms with Gasteiger partial charge in [0.15, 0.2) is 0 Å². The van der Waals surface area contributed by atoms with Crippen molar-refractivity contribution < 1.29 is 13.7 Å². The molecule has 2 aliphatic rings. The molecule has 0 spiro atoms. The molecule has 2 aliphatic heterocycles. The number of rotatable bonds is 8. The van der Waals surface area contributed by atoms with Crippen LogP contribution in [0.15, 0.2) is 48.7 Å². The van der Waals surface area contributed by atoms with Gasteiger partial charge in [0.2, 0.25) is 11.8 Å². The summed E-state index contributed by atoms with van der Waals surface area (Å²) < 4.78 is 28.2. The molecule has 4 aromatic rings. The van der Waals surface area contributed by atoms with Crippen molar-refractivity contribution in [3.8, 4) is 22.2 Å². The third kappa shape index (κ3) is 6.06. The summed E-state index contributed by atoms with van der Waals surface area (Å²) in [6.45, 7) is 5.23. The molecule has 0 saturated carbocycles. The average Bonchev–Trinajstić information content (AvgIpc) is 3.35. The van der Waals surface area contributed by atoms with Crippen molar-refractivity contribution in [3.63, 3.8) is 0 Å². The second-order valence-electron chi connectivity index (χ2n) is 9.79. The van der Waals surface area contributed by atoms with E-state index in [0.29, 0.717) is 36.8 Å². The number of aryl methyl sites for hydroxylation is 1. The van der Waals surface area contributed by atoms with E-state index in [2.05, 4.69) is 20.3 Å². The number of hydrogen-bond acceptors (Lipinski definition) is 9. The third-order valence-corrected chi connectivity index (χ3v) is 9.47. The Kier molecular flexibility index (Phi) is 8.00. The molecule has 2 saturated heterocycles. The second kappa shape index (κ2) is 12.0. The molecule has 2 fully saturated rings. The van der Waals surface area contributed by atoms with Crippen LogP contribution in [-0.4, -0.2) is 56.8 Å². The number of fused-ring (bicyclic) bond motifs is 1. The Morgan fingerprint density at radius 3 is 2.74 bits per heavy atom. The summed E-state index contributed by atoms with van der Waals surface area (Å²) in [5.74, 6) is 1.80. The lowest BCUT2D eigenvalue weighted by Gasteiger charge is -2.23. The number of nitrogens with one attached hydrogen (secondary N) is 3. The van der Waals surface area contributed by atoms with E-state index in [9.17, 15) is 4.21 Å². The molecule has 2 unspecified atom stereocenters. The summed E-state index contributed by atoms with van der Waals surface area (Å²) in [5, 5.41) is 9.70. The molecule has 9 nitrogen and oxygen atoms in total. The first-order valence-corrected chi connectivity index (χ1v) is 15.4. The molecule has 39 heavy (non-hydrogen) atoms. The van der Waals surface area contributed by atoms with Gasteiger partial charge in [0.05, 0.1) is 21.6 Å². The van der Waals surface area contributed by atoms with Crippen molar-refractivity contribution in [2.45, 2.75) is 43.9 Å². The summed E-state index contributed by atoms with van der Waals surface area (Å²) in [4.78, 5) is 14.8. The smallest absolute Gasteiger partial charge is 0.240 e. The Morgan fingerprint density at radius 2 is 1.92 bits per heavy atom. The molecule has 6 rings (SSSR count). The SMILES string of the molecule is Cc1nc(Oc2ccc(NS(=O)C3CCOCC3)c3ccccc23)c(-c2ccnc(NC3CCCNC3)n2)s1. The van der Waals surface area contributed by atoms with Crippen molar-refractivity contribution in [1.29, 1.82) is 0 Å². The standard InChI is InChI=1S/C28H32N6O3S2/c1-18-31-27(26(38-18)24-10-14-30-28(33-24)32-19-5-4-13-29-17-19)37-25-9-8-23(21-6-2-3-7-22(21)25)34-39(35)20-11-15-36-16-12-20/h2-3,6-10,14,19-20,29,34H,4-5,11-13,15-17H2,1H3,(H,30,32,33). The fraction of sp³-hybridized carbons (Fsp3) is 0.393. The van der Waals surface area contributed by atoms with E-state index in [1.54, 1.807) is 17.5 Å². The molecule has 4 heterocycles. The monoisotopic (exact) mass is 564 g/mol. The molecule has 3 N–H and O–H groups in total. The number of thiazole rings is 1. The van der Waals surface area contributed by atoms with Crippen molar-refractivity contribution >= 4 is 44.7 Å². The normalized spacial score (nSPS) is 19.1. The summed E-state index contributed by atoms with van der Waals surface area (Å²) in [7, 11) is -1.19. The fourth-order valence-corrected chi connectivity index (χ4v) is 6.99. The van der Waals surface area contributed by atoms with Gasteiger partial charge in [-0.2, -0.15) is 0 Å². The zero-order valence-corrected chi connectivity index (χ0v) is 23.4. The van der Waals surface area contributed by atoms with Crippen LogP contribution in [0.5, 0.6) is 11.6 Å². The third-order valence-electron chi connectivity index (χ3n) is 6.99. The van der Waals surface area contributed by atoms with Gasteiger partial charge in [-0.25, -0.2) is 19.2 Å². The summed E-state index contributed by atoms with van der Waals surface area (Å²) in [5.41, 5.74) is 1.59. The highest BCUT2D eigenvalue weighted by Crippen LogP contribution is 2.40. The number of ether oxygens (including phenoxy) is 2. The predicted octanol–water partition coefficient (Wildman–Crippen LogP) is 5.27. The first-order valence-electron chi connectivity index (χ1n) is 13.4. The number of anilines is 2. The molecule has 204 valence electrons. The van der Waals surface area contributed by atoms with Gasteiger partial charge in [0, 0.05) is 42.8 Å². The van der Waals surface area contributed by atoms with E-state index in [1.807, 2.05) is 49.4 Å². The van der Waals surface area contributed by atoms with Gasteiger partial charge in [-0.05, 0) is 57.4 Å². The molecule has 0 radical (unpaired) electrons. The Morgan fingerprint density at radius 1 is 1.08 bits per heavy atom. The molecular formula is C28H32N6O3S2. The zero-order chi connectivity index (χ0) is 26.6. The van der Waals surface area contributed by atoms with Crippen molar-refractivity contribution in [1.82, 2.24) is 20.3 Å². The Labute approximate surface area is 234 Å². The number of nitrogens with zero attached hydrogens (tertiary/aromatic N) is 3. The van der Waals surface area contributed by atoms with Gasteiger partial charge < -0.3 is 24.8 Å². The lowest BCUT2D eigenvalue weighted by molar-refractivity contribution is 0.0993. The van der Waals surface area contributed by atoms with Crippen molar-refractivity contribution in [2.75, 3.05) is 36.3 Å². The van der Waals surface area contributed by atoms with Crippen LogP contribution in [0.2, 0.25) is 0 Å². The minimum Gasteiger partial charge on any atom is -0.437 e. The van der Waals surface area contributed by atoms with Gasteiger partial charge >= 0.3 is 0 Å². The van der Waals surface area contributed by atoms with Crippen molar-refractivity contribution in [3.05, 3.63) is 53.7 Å². The number of benzene rings is 2. The molecule has 0 amide bonds.